The van der Waals surface area contributed by atoms with Gasteiger partial charge in [0.25, 0.3) is 0 Å². The summed E-state index contributed by atoms with van der Waals surface area (Å²) in [5.41, 5.74) is 16.3. The van der Waals surface area contributed by atoms with Crippen LogP contribution in [0, 0.1) is 0 Å². The Kier molecular flexibility index (Phi) is 9.20. The van der Waals surface area contributed by atoms with Gasteiger partial charge in [0.15, 0.2) is 0 Å². The summed E-state index contributed by atoms with van der Waals surface area (Å²) in [6, 6.07) is 92.6. The summed E-state index contributed by atoms with van der Waals surface area (Å²) in [5.74, 6) is 0. The number of nitrogens with zero attached hydrogens (tertiary/aromatic N) is 2. The Morgan fingerprint density at radius 2 is 0.859 bits per heavy atom. The number of aromatic nitrogens is 1. The molecule has 0 atom stereocenters. The van der Waals surface area contributed by atoms with Crippen molar-refractivity contribution in [2.24, 2.45) is 0 Å². The van der Waals surface area contributed by atoms with Crippen LogP contribution in [0.1, 0.15) is 0 Å². The summed E-state index contributed by atoms with van der Waals surface area (Å²) in [6.45, 7) is 0. The highest BCUT2D eigenvalue weighted by Gasteiger charge is 2.20. The monoisotopic (exact) mass is 814 g/mol. The van der Waals surface area contributed by atoms with E-state index >= 15 is 0 Å². The molecule has 0 saturated heterocycles. The molecule has 0 aliphatic heterocycles. The van der Waals surface area contributed by atoms with Gasteiger partial charge in [-0.1, -0.05) is 188 Å². The van der Waals surface area contributed by atoms with Gasteiger partial charge in [-0.05, 0) is 127 Å². The van der Waals surface area contributed by atoms with Crippen molar-refractivity contribution in [1.29, 1.82) is 0 Å². The second-order valence-electron chi connectivity index (χ2n) is 16.5. The Labute approximate surface area is 373 Å². The van der Waals surface area contributed by atoms with E-state index in [9.17, 15) is 0 Å². The lowest BCUT2D eigenvalue weighted by Gasteiger charge is -2.28. The minimum absolute atomic E-state index is 1.09. The molecule has 2 nitrogen and oxygen atoms in total. The minimum Gasteiger partial charge on any atom is -0.310 e. The van der Waals surface area contributed by atoms with Gasteiger partial charge in [0, 0.05) is 33.4 Å². The van der Waals surface area contributed by atoms with E-state index in [1.807, 2.05) is 0 Å². The quantitative estimate of drug-likeness (QED) is 0.139. The van der Waals surface area contributed by atoms with Crippen molar-refractivity contribution >= 4 is 60.4 Å². The number of fused-ring (bicyclic) bond motifs is 6. The van der Waals surface area contributed by atoms with Crippen LogP contribution in [0.3, 0.4) is 0 Å². The first-order chi connectivity index (χ1) is 31.7. The van der Waals surface area contributed by atoms with Gasteiger partial charge in [-0.15, -0.1) is 0 Å². The average molecular weight is 815 g/mol. The van der Waals surface area contributed by atoms with Gasteiger partial charge in [0.05, 0.1) is 16.7 Å². The predicted molar refractivity (Wildman–Crippen MR) is 272 cm³/mol. The molecule has 0 bridgehead atoms. The number of benzene rings is 11. The third kappa shape index (κ3) is 6.52. The van der Waals surface area contributed by atoms with E-state index in [1.165, 1.54) is 82.3 Å². The lowest BCUT2D eigenvalue weighted by atomic mass is 9.95. The summed E-state index contributed by atoms with van der Waals surface area (Å²) >= 11 is 0. The van der Waals surface area contributed by atoms with Crippen LogP contribution in [-0.4, -0.2) is 4.57 Å². The molecular formula is C62H42N2. The maximum absolute atomic E-state index is 2.41. The second-order valence-corrected chi connectivity index (χ2v) is 16.5. The normalized spacial score (nSPS) is 11.4. The van der Waals surface area contributed by atoms with Crippen molar-refractivity contribution < 1.29 is 0 Å². The van der Waals surface area contributed by atoms with Crippen LogP contribution >= 0.6 is 0 Å². The molecule has 11 aromatic carbocycles. The number of anilines is 3. The fourth-order valence-electron chi connectivity index (χ4n) is 9.76. The van der Waals surface area contributed by atoms with Gasteiger partial charge in [-0.2, -0.15) is 0 Å². The van der Waals surface area contributed by atoms with Gasteiger partial charge in [-0.25, -0.2) is 0 Å². The molecule has 0 saturated carbocycles. The zero-order chi connectivity index (χ0) is 42.4. The molecule has 1 heterocycles. The first kappa shape index (κ1) is 37.3. The lowest BCUT2D eigenvalue weighted by Crippen LogP contribution is -2.11. The predicted octanol–water partition coefficient (Wildman–Crippen LogP) is 17.2. The van der Waals surface area contributed by atoms with E-state index in [4.69, 9.17) is 0 Å². The van der Waals surface area contributed by atoms with Crippen molar-refractivity contribution in [3.63, 3.8) is 0 Å². The largest absolute Gasteiger partial charge is 0.310 e. The van der Waals surface area contributed by atoms with Crippen LogP contribution in [0.15, 0.2) is 255 Å². The molecule has 0 spiro atoms. The molecule has 64 heavy (non-hydrogen) atoms. The number of para-hydroxylation sites is 3. The third-order valence-electron chi connectivity index (χ3n) is 12.8. The SMILES string of the molecule is c1ccc(-c2ccccc2N(c2ccc(-c3ccc4c(ccc5ccccc54)c3)cc2)c2cccc(-c3cccc(-c4cccc5c4c4ccccc4n5-c4ccccc4)c3)c2)cc1. The van der Waals surface area contributed by atoms with Crippen LogP contribution in [0.25, 0.3) is 93.5 Å². The van der Waals surface area contributed by atoms with Gasteiger partial charge >= 0.3 is 0 Å². The molecule has 12 aromatic rings. The van der Waals surface area contributed by atoms with Crippen molar-refractivity contribution in [3.8, 4) is 50.2 Å². The molecule has 0 radical (unpaired) electrons. The molecular weight excluding hydrogens is 773 g/mol. The van der Waals surface area contributed by atoms with Crippen molar-refractivity contribution in [2.45, 2.75) is 0 Å². The average Bonchev–Trinajstić information content (AvgIpc) is 3.72. The standard InChI is InChI=1S/C62H42N2/c1-3-16-44(17-4-1)56-26-9-11-29-59(56)63(52-37-34-43(35-38-52)48-36-39-55-50(41-48)33-32-45-18-7-8-25-54(45)55)53-24-14-20-47(42-53)46-19-13-21-49(40-46)57-28-15-31-61-62(57)58-27-10-12-30-60(58)64(61)51-22-5-2-6-23-51/h1-42H. The molecule has 12 rings (SSSR count). The van der Waals surface area contributed by atoms with E-state index in [2.05, 4.69) is 264 Å². The molecule has 2 heteroatoms. The summed E-state index contributed by atoms with van der Waals surface area (Å²) in [4.78, 5) is 2.41. The fraction of sp³-hybridized carbons (Fsp3) is 0. The Bertz CT molecular complexity index is 3660. The minimum atomic E-state index is 1.09. The van der Waals surface area contributed by atoms with E-state index in [1.54, 1.807) is 0 Å². The molecule has 0 unspecified atom stereocenters. The van der Waals surface area contributed by atoms with Crippen LogP contribution in [0.5, 0.6) is 0 Å². The van der Waals surface area contributed by atoms with Gasteiger partial charge in [-0.3, -0.25) is 0 Å². The summed E-state index contributed by atoms with van der Waals surface area (Å²) in [5, 5.41) is 7.58. The van der Waals surface area contributed by atoms with Gasteiger partial charge in [0.1, 0.15) is 0 Å². The highest BCUT2D eigenvalue weighted by molar-refractivity contribution is 6.16. The van der Waals surface area contributed by atoms with E-state index in [0.717, 1.165) is 28.3 Å². The third-order valence-corrected chi connectivity index (χ3v) is 12.8. The molecule has 300 valence electrons. The first-order valence-corrected chi connectivity index (χ1v) is 22.0. The van der Waals surface area contributed by atoms with E-state index in [0.29, 0.717) is 0 Å². The molecule has 0 N–H and O–H groups in total. The Morgan fingerprint density at radius 3 is 1.72 bits per heavy atom. The number of hydrogen-bond acceptors (Lipinski definition) is 1. The van der Waals surface area contributed by atoms with E-state index in [-0.39, 0.29) is 0 Å². The summed E-state index contributed by atoms with van der Waals surface area (Å²) in [7, 11) is 0. The maximum Gasteiger partial charge on any atom is 0.0547 e. The molecule has 0 aliphatic rings. The zero-order valence-electron chi connectivity index (χ0n) is 35.1. The van der Waals surface area contributed by atoms with Gasteiger partial charge < -0.3 is 9.47 Å². The Hall–Kier alpha value is -8.46. The zero-order valence-corrected chi connectivity index (χ0v) is 35.1. The number of hydrogen-bond donors (Lipinski definition) is 0. The summed E-state index contributed by atoms with van der Waals surface area (Å²) < 4.78 is 2.39. The smallest absolute Gasteiger partial charge is 0.0547 e. The van der Waals surface area contributed by atoms with Crippen molar-refractivity contribution in [1.82, 2.24) is 4.57 Å². The molecule has 0 amide bonds. The van der Waals surface area contributed by atoms with Crippen molar-refractivity contribution in [2.75, 3.05) is 4.90 Å². The molecule has 0 aliphatic carbocycles. The Balaban J connectivity index is 0.962. The topological polar surface area (TPSA) is 8.17 Å². The molecule has 0 fully saturated rings. The fourth-order valence-corrected chi connectivity index (χ4v) is 9.76. The highest BCUT2D eigenvalue weighted by Crippen LogP contribution is 2.44. The second kappa shape index (κ2) is 15.8. The van der Waals surface area contributed by atoms with Crippen LogP contribution in [-0.2, 0) is 0 Å². The van der Waals surface area contributed by atoms with Crippen molar-refractivity contribution in [3.05, 3.63) is 255 Å². The lowest BCUT2D eigenvalue weighted by molar-refractivity contribution is 1.18. The van der Waals surface area contributed by atoms with Crippen LogP contribution in [0.2, 0.25) is 0 Å². The Morgan fingerprint density at radius 1 is 0.281 bits per heavy atom. The first-order valence-electron chi connectivity index (χ1n) is 22.0. The van der Waals surface area contributed by atoms with Crippen LogP contribution in [0.4, 0.5) is 17.1 Å². The van der Waals surface area contributed by atoms with E-state index < -0.39 is 0 Å². The maximum atomic E-state index is 2.41. The van der Waals surface area contributed by atoms with Crippen LogP contribution < -0.4 is 4.90 Å². The number of rotatable bonds is 8. The summed E-state index contributed by atoms with van der Waals surface area (Å²) in [6.07, 6.45) is 0. The van der Waals surface area contributed by atoms with Gasteiger partial charge in [0.2, 0.25) is 0 Å². The molecule has 1 aromatic heterocycles. The highest BCUT2D eigenvalue weighted by atomic mass is 15.1.